The lowest BCUT2D eigenvalue weighted by Crippen LogP contribution is -2.54. The van der Waals surface area contributed by atoms with E-state index in [-0.39, 0.29) is 23.7 Å². The number of piperidine rings is 1. The van der Waals surface area contributed by atoms with E-state index in [2.05, 4.69) is 21.3 Å². The van der Waals surface area contributed by atoms with E-state index in [4.69, 9.17) is 4.74 Å². The number of hydrogen-bond donors (Lipinski definition) is 1. The zero-order chi connectivity index (χ0) is 19.3. The molecule has 3 saturated heterocycles. The number of aromatic nitrogens is 1. The third-order valence-electron chi connectivity index (χ3n) is 5.97. The maximum absolute atomic E-state index is 13.1. The Balaban J connectivity index is 1.30. The standard InChI is InChI=1S/C20H29N5O3/c26-19(24-6-4-23(5-7-24)18-2-1-3-21-15-18)16-12-17(14-22-13-16)20(27)25-8-10-28-11-9-25/h1-3,15-17,22H,4-14H2/t16-,17-/m1/s1. The minimum absolute atomic E-state index is 0.113. The van der Waals surface area contributed by atoms with Crippen LogP contribution >= 0.6 is 0 Å². The fourth-order valence-corrected chi connectivity index (χ4v) is 4.34. The second-order valence-corrected chi connectivity index (χ2v) is 7.75. The van der Waals surface area contributed by atoms with Crippen LogP contribution in [0.1, 0.15) is 6.42 Å². The molecular formula is C20H29N5O3. The van der Waals surface area contributed by atoms with Gasteiger partial charge in [0.05, 0.1) is 36.9 Å². The van der Waals surface area contributed by atoms with E-state index in [9.17, 15) is 9.59 Å². The molecule has 3 aliphatic rings. The van der Waals surface area contributed by atoms with E-state index in [1.165, 1.54) is 0 Å². The number of nitrogens with zero attached hydrogens (tertiary/aromatic N) is 4. The molecule has 0 aliphatic carbocycles. The Labute approximate surface area is 165 Å². The van der Waals surface area contributed by atoms with Crippen molar-refractivity contribution in [3.05, 3.63) is 24.5 Å². The molecule has 152 valence electrons. The highest BCUT2D eigenvalue weighted by atomic mass is 16.5. The molecule has 1 aromatic rings. The van der Waals surface area contributed by atoms with E-state index in [0.717, 1.165) is 18.8 Å². The van der Waals surface area contributed by atoms with Gasteiger partial charge in [0.25, 0.3) is 0 Å². The second kappa shape index (κ2) is 8.87. The second-order valence-electron chi connectivity index (χ2n) is 7.75. The molecule has 3 aliphatic heterocycles. The van der Waals surface area contributed by atoms with Gasteiger partial charge in [0.15, 0.2) is 0 Å². The quantitative estimate of drug-likeness (QED) is 0.775. The Bertz CT molecular complexity index is 672. The van der Waals surface area contributed by atoms with E-state index in [0.29, 0.717) is 58.9 Å². The summed E-state index contributed by atoms with van der Waals surface area (Å²) in [7, 11) is 0. The van der Waals surface area contributed by atoms with Crippen LogP contribution in [0.15, 0.2) is 24.5 Å². The number of pyridine rings is 1. The third-order valence-corrected chi connectivity index (χ3v) is 5.97. The molecule has 1 N–H and O–H groups in total. The molecule has 0 radical (unpaired) electrons. The molecule has 0 spiro atoms. The Hall–Kier alpha value is -2.19. The van der Waals surface area contributed by atoms with Gasteiger partial charge in [0, 0.05) is 58.6 Å². The SMILES string of the molecule is O=C([C@H]1CNC[C@H](C(=O)N2CCN(c3cccnc3)CC2)C1)N1CCOCC1. The first-order valence-corrected chi connectivity index (χ1v) is 10.2. The topological polar surface area (TPSA) is 78.0 Å². The molecule has 0 saturated carbocycles. The number of ether oxygens (including phenoxy) is 1. The molecule has 2 amide bonds. The molecule has 1 aromatic heterocycles. The average Bonchev–Trinajstić information content (AvgIpc) is 2.79. The summed E-state index contributed by atoms with van der Waals surface area (Å²) in [5.41, 5.74) is 1.10. The van der Waals surface area contributed by atoms with Gasteiger partial charge in [-0.2, -0.15) is 0 Å². The smallest absolute Gasteiger partial charge is 0.227 e. The molecule has 0 bridgehead atoms. The highest BCUT2D eigenvalue weighted by molar-refractivity contribution is 5.83. The van der Waals surface area contributed by atoms with Crippen LogP contribution in [0.4, 0.5) is 5.69 Å². The van der Waals surface area contributed by atoms with Crippen molar-refractivity contribution in [1.82, 2.24) is 20.1 Å². The molecular weight excluding hydrogens is 358 g/mol. The van der Waals surface area contributed by atoms with Crippen molar-refractivity contribution in [3.63, 3.8) is 0 Å². The van der Waals surface area contributed by atoms with Gasteiger partial charge in [0.2, 0.25) is 11.8 Å². The van der Waals surface area contributed by atoms with Gasteiger partial charge in [-0.15, -0.1) is 0 Å². The first-order chi connectivity index (χ1) is 13.7. The number of carbonyl (C=O) groups is 2. The summed E-state index contributed by atoms with van der Waals surface area (Å²) in [6.45, 7) is 6.91. The van der Waals surface area contributed by atoms with Gasteiger partial charge in [-0.1, -0.05) is 0 Å². The number of hydrogen-bond acceptors (Lipinski definition) is 6. The van der Waals surface area contributed by atoms with Crippen LogP contribution in [-0.4, -0.2) is 92.2 Å². The maximum Gasteiger partial charge on any atom is 0.227 e. The van der Waals surface area contributed by atoms with Gasteiger partial charge in [-0.05, 0) is 18.6 Å². The van der Waals surface area contributed by atoms with Gasteiger partial charge in [-0.25, -0.2) is 0 Å². The lowest BCUT2D eigenvalue weighted by atomic mass is 9.88. The molecule has 8 heteroatoms. The van der Waals surface area contributed by atoms with Crippen molar-refractivity contribution in [2.45, 2.75) is 6.42 Å². The first kappa shape index (κ1) is 19.1. The number of morpholine rings is 1. The first-order valence-electron chi connectivity index (χ1n) is 10.2. The molecule has 0 unspecified atom stereocenters. The van der Waals surface area contributed by atoms with Crippen LogP contribution in [0.3, 0.4) is 0 Å². The molecule has 0 aromatic carbocycles. The highest BCUT2D eigenvalue weighted by Crippen LogP contribution is 2.23. The van der Waals surface area contributed by atoms with Crippen LogP contribution < -0.4 is 10.2 Å². The Morgan fingerprint density at radius 1 is 0.964 bits per heavy atom. The van der Waals surface area contributed by atoms with Crippen LogP contribution in [0.2, 0.25) is 0 Å². The number of nitrogens with one attached hydrogen (secondary N) is 1. The van der Waals surface area contributed by atoms with Gasteiger partial charge in [-0.3, -0.25) is 14.6 Å². The summed E-state index contributed by atoms with van der Waals surface area (Å²) in [5, 5.41) is 3.31. The zero-order valence-corrected chi connectivity index (χ0v) is 16.3. The summed E-state index contributed by atoms with van der Waals surface area (Å²) in [6.07, 6.45) is 4.28. The summed E-state index contributed by atoms with van der Waals surface area (Å²) in [6, 6.07) is 3.99. The van der Waals surface area contributed by atoms with Crippen molar-refractivity contribution >= 4 is 17.5 Å². The minimum Gasteiger partial charge on any atom is -0.378 e. The summed E-state index contributed by atoms with van der Waals surface area (Å²) in [5.74, 6) is 0.110. The fraction of sp³-hybridized carbons (Fsp3) is 0.650. The van der Waals surface area contributed by atoms with Crippen molar-refractivity contribution in [1.29, 1.82) is 0 Å². The Morgan fingerprint density at radius 2 is 1.61 bits per heavy atom. The molecule has 28 heavy (non-hydrogen) atoms. The zero-order valence-electron chi connectivity index (χ0n) is 16.3. The molecule has 8 nitrogen and oxygen atoms in total. The van der Waals surface area contributed by atoms with Gasteiger partial charge in [0.1, 0.15) is 0 Å². The average molecular weight is 387 g/mol. The van der Waals surface area contributed by atoms with Gasteiger partial charge >= 0.3 is 0 Å². The molecule has 2 atom stereocenters. The van der Waals surface area contributed by atoms with Crippen LogP contribution in [0.25, 0.3) is 0 Å². The summed E-state index contributed by atoms with van der Waals surface area (Å²) >= 11 is 0. The van der Waals surface area contributed by atoms with E-state index < -0.39 is 0 Å². The molecule has 4 heterocycles. The number of rotatable bonds is 3. The van der Waals surface area contributed by atoms with E-state index in [1.807, 2.05) is 22.1 Å². The minimum atomic E-state index is -0.117. The summed E-state index contributed by atoms with van der Waals surface area (Å²) in [4.78, 5) is 36.1. The van der Waals surface area contributed by atoms with Crippen molar-refractivity contribution < 1.29 is 14.3 Å². The Morgan fingerprint density at radius 3 is 2.21 bits per heavy atom. The number of piperazine rings is 1. The monoisotopic (exact) mass is 387 g/mol. The van der Waals surface area contributed by atoms with E-state index in [1.54, 1.807) is 6.20 Å². The maximum atomic E-state index is 13.1. The number of amides is 2. The van der Waals surface area contributed by atoms with Crippen molar-refractivity contribution in [2.24, 2.45) is 11.8 Å². The van der Waals surface area contributed by atoms with Crippen LogP contribution in [0.5, 0.6) is 0 Å². The summed E-state index contributed by atoms with van der Waals surface area (Å²) < 4.78 is 5.34. The molecule has 4 rings (SSSR count). The van der Waals surface area contributed by atoms with Crippen molar-refractivity contribution in [2.75, 3.05) is 70.5 Å². The fourth-order valence-electron chi connectivity index (χ4n) is 4.34. The highest BCUT2D eigenvalue weighted by Gasteiger charge is 2.36. The predicted octanol–water partition coefficient (Wildman–Crippen LogP) is -0.185. The molecule has 3 fully saturated rings. The Kier molecular flexibility index (Phi) is 6.07. The van der Waals surface area contributed by atoms with Crippen LogP contribution in [0, 0.1) is 11.8 Å². The lowest BCUT2D eigenvalue weighted by molar-refractivity contribution is -0.143. The number of anilines is 1. The predicted molar refractivity (Wildman–Crippen MR) is 105 cm³/mol. The van der Waals surface area contributed by atoms with Crippen molar-refractivity contribution in [3.8, 4) is 0 Å². The third kappa shape index (κ3) is 4.28. The van der Waals surface area contributed by atoms with Crippen LogP contribution in [-0.2, 0) is 14.3 Å². The van der Waals surface area contributed by atoms with E-state index >= 15 is 0 Å². The number of carbonyl (C=O) groups excluding carboxylic acids is 2. The van der Waals surface area contributed by atoms with Gasteiger partial charge < -0.3 is 24.8 Å². The largest absolute Gasteiger partial charge is 0.378 e. The normalized spacial score (nSPS) is 26.2. The lowest BCUT2D eigenvalue weighted by Gasteiger charge is -2.39.